The van der Waals surface area contributed by atoms with Crippen molar-refractivity contribution in [2.24, 2.45) is 11.5 Å². The fraction of sp³-hybridized carbons (Fsp3) is 0.674. The molecule has 0 saturated heterocycles. The van der Waals surface area contributed by atoms with Crippen LogP contribution < -0.4 is 28.1 Å². The number of aromatic nitrogens is 3. The Morgan fingerprint density at radius 2 is 0.667 bits per heavy atom. The molecule has 7 rings (SSSR count). The zero-order valence-electron chi connectivity index (χ0n) is 36.6. The second kappa shape index (κ2) is 29.3. The minimum Gasteiger partial charge on any atom is -0.425 e. The van der Waals surface area contributed by atoms with Crippen LogP contribution in [0.2, 0.25) is 0 Å². The fourth-order valence-corrected chi connectivity index (χ4v) is 8.29. The van der Waals surface area contributed by atoms with Gasteiger partial charge in [0.25, 0.3) is 16.7 Å². The Balaban J connectivity index is 0.000000266. The molecule has 3 aromatic rings. The Morgan fingerprint density at radius 1 is 0.450 bits per heavy atom. The molecule has 4 fully saturated rings. The summed E-state index contributed by atoms with van der Waals surface area (Å²) in [6.07, 6.45) is 22.8. The van der Waals surface area contributed by atoms with E-state index in [4.69, 9.17) is 21.7 Å². The van der Waals surface area contributed by atoms with Gasteiger partial charge in [0.2, 0.25) is 0 Å². The third kappa shape index (κ3) is 18.8. The van der Waals surface area contributed by atoms with E-state index in [1.54, 1.807) is 0 Å². The molecular formula is C46H76N5O9. The summed E-state index contributed by atoms with van der Waals surface area (Å²) in [5.74, 6) is 1.07. The van der Waals surface area contributed by atoms with Crippen LogP contribution >= 0.6 is 0 Å². The van der Waals surface area contributed by atoms with E-state index in [0.29, 0.717) is 30.8 Å². The van der Waals surface area contributed by atoms with Crippen LogP contribution in [0, 0.1) is 20.8 Å². The average molecular weight is 843 g/mol. The van der Waals surface area contributed by atoms with E-state index in [1.165, 1.54) is 95.2 Å². The third-order valence-corrected chi connectivity index (χ3v) is 11.4. The Kier molecular flexibility index (Phi) is 25.5. The Hall–Kier alpha value is -3.95. The first-order valence-electron chi connectivity index (χ1n) is 22.3. The number of pyridine rings is 3. The Labute approximate surface area is 356 Å². The lowest BCUT2D eigenvalue weighted by molar-refractivity contribution is 0.0564. The minimum atomic E-state index is -0.310. The summed E-state index contributed by atoms with van der Waals surface area (Å²) < 4.78 is 2.47. The van der Waals surface area contributed by atoms with Crippen molar-refractivity contribution in [3.8, 4) is 0 Å². The van der Waals surface area contributed by atoms with E-state index >= 15 is 0 Å². The summed E-state index contributed by atoms with van der Waals surface area (Å²) in [4.78, 5) is 34.2. The molecule has 4 aliphatic rings. The monoisotopic (exact) mass is 843 g/mol. The second-order valence-corrected chi connectivity index (χ2v) is 16.6. The normalized spacial score (nSPS) is 17.4. The molecule has 14 heteroatoms. The molecule has 0 bridgehead atoms. The number of hydrogen-bond donors (Lipinski definition) is 7. The Bertz CT molecular complexity index is 1600. The summed E-state index contributed by atoms with van der Waals surface area (Å²) in [6.45, 7) is 6.63. The summed E-state index contributed by atoms with van der Waals surface area (Å²) in [5.41, 5.74) is 13.8. The fourth-order valence-electron chi connectivity index (χ4n) is 8.29. The molecule has 60 heavy (non-hydrogen) atoms. The third-order valence-electron chi connectivity index (χ3n) is 11.4. The predicted molar refractivity (Wildman–Crippen MR) is 235 cm³/mol. The van der Waals surface area contributed by atoms with Gasteiger partial charge in [0, 0.05) is 49.0 Å². The minimum absolute atomic E-state index is 0.0972. The lowest BCUT2D eigenvalue weighted by Crippen LogP contribution is -2.23. The highest BCUT2D eigenvalue weighted by atomic mass is 16.5. The van der Waals surface area contributed by atoms with E-state index < -0.39 is 0 Å². The van der Waals surface area contributed by atoms with Crippen LogP contribution in [0.4, 0.5) is 0 Å². The van der Waals surface area contributed by atoms with Crippen molar-refractivity contribution < 1.29 is 30.9 Å². The highest BCUT2D eigenvalue weighted by Crippen LogP contribution is 2.34. The molecule has 4 aliphatic carbocycles. The van der Waals surface area contributed by atoms with Gasteiger partial charge in [-0.2, -0.15) is 14.2 Å². The van der Waals surface area contributed by atoms with E-state index in [9.17, 15) is 35.1 Å². The number of rotatable bonds is 5. The molecule has 0 aliphatic heterocycles. The van der Waals surface area contributed by atoms with Gasteiger partial charge in [-0.15, -0.1) is 0 Å². The molecule has 9 N–H and O–H groups in total. The summed E-state index contributed by atoms with van der Waals surface area (Å²) >= 11 is 0. The van der Waals surface area contributed by atoms with Crippen LogP contribution in [0.5, 0.6) is 0 Å². The lowest BCUT2D eigenvalue weighted by atomic mass is 9.86. The molecule has 0 atom stereocenters. The Morgan fingerprint density at radius 3 is 0.850 bits per heavy atom. The summed E-state index contributed by atoms with van der Waals surface area (Å²) in [6, 6.07) is 10.2. The standard InChI is InChI=1S/3C12H17NO2.C6H11O.2C2H7NO/c3*1-9-7-11(13(15)12(14)8-9)10-5-3-2-4-6-10;7-6-4-2-1-3-5-6;2*3-1-2-4/h3*7-8,10,15H,2-6H2,1H3;6H,1-5H2;2*4H,1-3H2. The van der Waals surface area contributed by atoms with Gasteiger partial charge in [-0.25, -0.2) is 5.11 Å². The van der Waals surface area contributed by atoms with Gasteiger partial charge in [0.05, 0.1) is 36.4 Å². The largest absolute Gasteiger partial charge is 0.425 e. The average Bonchev–Trinajstić information content (AvgIpc) is 3.26. The first-order chi connectivity index (χ1) is 28.8. The van der Waals surface area contributed by atoms with Gasteiger partial charge in [0.1, 0.15) is 0 Å². The topological polar surface area (TPSA) is 239 Å². The van der Waals surface area contributed by atoms with Crippen LogP contribution in [0.1, 0.15) is 180 Å². The van der Waals surface area contributed by atoms with Gasteiger partial charge in [-0.1, -0.05) is 77.0 Å². The van der Waals surface area contributed by atoms with E-state index in [0.717, 1.165) is 99.3 Å². The molecule has 1 radical (unpaired) electrons. The molecule has 3 aromatic heterocycles. The van der Waals surface area contributed by atoms with E-state index in [2.05, 4.69) is 0 Å². The molecule has 0 amide bonds. The van der Waals surface area contributed by atoms with Gasteiger partial charge in [-0.05, 0) is 107 Å². The van der Waals surface area contributed by atoms with Crippen molar-refractivity contribution in [3.63, 3.8) is 0 Å². The van der Waals surface area contributed by atoms with Crippen molar-refractivity contribution in [3.05, 3.63) is 101 Å². The van der Waals surface area contributed by atoms with Crippen LogP contribution in [0.25, 0.3) is 0 Å². The molecule has 0 aromatic carbocycles. The maximum absolute atomic E-state index is 11.4. The van der Waals surface area contributed by atoms with Crippen molar-refractivity contribution >= 4 is 0 Å². The predicted octanol–water partition coefficient (Wildman–Crippen LogP) is 6.95. The van der Waals surface area contributed by atoms with Gasteiger partial charge in [-0.3, -0.25) is 14.4 Å². The molecule has 3 heterocycles. The van der Waals surface area contributed by atoms with Gasteiger partial charge < -0.3 is 37.3 Å². The van der Waals surface area contributed by atoms with Crippen molar-refractivity contribution in [2.45, 2.75) is 173 Å². The molecular weight excluding hydrogens is 767 g/mol. The van der Waals surface area contributed by atoms with Crippen LogP contribution in [-0.2, 0) is 5.11 Å². The maximum atomic E-state index is 11.4. The number of nitrogens with two attached hydrogens (primary N) is 2. The van der Waals surface area contributed by atoms with Gasteiger partial charge >= 0.3 is 0 Å². The highest BCUT2D eigenvalue weighted by molar-refractivity contribution is 5.21. The van der Waals surface area contributed by atoms with Crippen LogP contribution in [-0.4, -0.2) is 72.4 Å². The zero-order valence-corrected chi connectivity index (χ0v) is 36.6. The van der Waals surface area contributed by atoms with Gasteiger partial charge in [0.15, 0.2) is 0 Å². The quantitative estimate of drug-likeness (QED) is 0.130. The lowest BCUT2D eigenvalue weighted by Gasteiger charge is -2.22. The SMILES string of the molecule is Cc1cc(C2CCCCC2)n(O)c(=O)c1.Cc1cc(C2CCCCC2)n(O)c(=O)c1.Cc1cc(C2CCCCC2)n(O)c(=O)c1.NCCO.NCCO.[O]C1CCCCC1. The summed E-state index contributed by atoms with van der Waals surface area (Å²) in [7, 11) is 0. The number of aliphatic hydroxyl groups excluding tert-OH is 2. The van der Waals surface area contributed by atoms with Crippen LogP contribution in [0.15, 0.2) is 50.8 Å². The van der Waals surface area contributed by atoms with Crippen molar-refractivity contribution in [1.29, 1.82) is 0 Å². The first kappa shape index (κ1) is 52.2. The number of nitrogens with zero attached hydrogens (tertiary/aromatic N) is 3. The molecule has 0 spiro atoms. The van der Waals surface area contributed by atoms with E-state index in [1.807, 2.05) is 39.0 Å². The molecule has 4 saturated carbocycles. The molecule has 14 nitrogen and oxygen atoms in total. The molecule has 339 valence electrons. The van der Waals surface area contributed by atoms with Crippen LogP contribution in [0.3, 0.4) is 0 Å². The second-order valence-electron chi connectivity index (χ2n) is 16.6. The smallest absolute Gasteiger partial charge is 0.283 e. The number of hydrogen-bond acceptors (Lipinski definition) is 10. The maximum Gasteiger partial charge on any atom is 0.283 e. The summed E-state index contributed by atoms with van der Waals surface area (Å²) in [5, 5.41) is 55.1. The van der Waals surface area contributed by atoms with E-state index in [-0.39, 0.29) is 36.0 Å². The number of aryl methyl sites for hydroxylation is 3. The highest BCUT2D eigenvalue weighted by Gasteiger charge is 2.22. The molecule has 0 unspecified atom stereocenters. The number of aliphatic hydroxyl groups is 2. The van der Waals surface area contributed by atoms with Crippen molar-refractivity contribution in [2.75, 3.05) is 26.3 Å². The zero-order chi connectivity index (χ0) is 44.5. The first-order valence-corrected chi connectivity index (χ1v) is 22.3. The van der Waals surface area contributed by atoms with Crippen molar-refractivity contribution in [1.82, 2.24) is 14.2 Å².